The molecule has 0 aliphatic rings. The van der Waals surface area contributed by atoms with Crippen molar-refractivity contribution in [3.05, 3.63) is 95.0 Å². The van der Waals surface area contributed by atoms with Crippen molar-refractivity contribution in [1.29, 1.82) is 0 Å². The zero-order valence-corrected chi connectivity index (χ0v) is 18.5. The van der Waals surface area contributed by atoms with Crippen molar-refractivity contribution in [1.82, 2.24) is 10.0 Å². The van der Waals surface area contributed by atoms with Gasteiger partial charge in [0.1, 0.15) is 5.75 Å². The Hall–Kier alpha value is -2.87. The Morgan fingerprint density at radius 3 is 2.29 bits per heavy atom. The molecular formula is C23H23ClN2O4S. The van der Waals surface area contributed by atoms with Gasteiger partial charge in [-0.15, -0.1) is 0 Å². The maximum Gasteiger partial charge on any atom is 0.258 e. The molecule has 0 saturated heterocycles. The van der Waals surface area contributed by atoms with Gasteiger partial charge in [-0.25, -0.2) is 13.1 Å². The van der Waals surface area contributed by atoms with Crippen LogP contribution in [0.1, 0.15) is 24.1 Å². The van der Waals surface area contributed by atoms with Crippen molar-refractivity contribution >= 4 is 27.5 Å². The summed E-state index contributed by atoms with van der Waals surface area (Å²) in [5.74, 6) is -0.0819. The molecule has 0 radical (unpaired) electrons. The first-order valence-corrected chi connectivity index (χ1v) is 11.5. The summed E-state index contributed by atoms with van der Waals surface area (Å²) in [6.45, 7) is 1.92. The summed E-state index contributed by atoms with van der Waals surface area (Å²) in [4.78, 5) is 12.0. The number of halogens is 1. The van der Waals surface area contributed by atoms with E-state index in [-0.39, 0.29) is 28.2 Å². The Bertz CT molecular complexity index is 1120. The van der Waals surface area contributed by atoms with E-state index < -0.39 is 16.1 Å². The highest BCUT2D eigenvalue weighted by Gasteiger charge is 2.20. The van der Waals surface area contributed by atoms with Crippen LogP contribution in [0.25, 0.3) is 0 Å². The Labute approximate surface area is 187 Å². The topological polar surface area (TPSA) is 84.5 Å². The third-order valence-corrected chi connectivity index (χ3v) is 6.37. The van der Waals surface area contributed by atoms with Gasteiger partial charge in [0.05, 0.1) is 9.92 Å². The average Bonchev–Trinajstić information content (AvgIpc) is 2.77. The van der Waals surface area contributed by atoms with E-state index in [1.807, 2.05) is 60.7 Å². The van der Waals surface area contributed by atoms with E-state index in [1.54, 1.807) is 6.92 Å². The maximum atomic E-state index is 12.7. The number of benzene rings is 3. The van der Waals surface area contributed by atoms with Gasteiger partial charge in [0, 0.05) is 12.6 Å². The molecule has 1 amide bonds. The number of amides is 1. The number of rotatable bonds is 9. The smallest absolute Gasteiger partial charge is 0.258 e. The highest BCUT2D eigenvalue weighted by atomic mass is 35.5. The first kappa shape index (κ1) is 22.8. The molecule has 2 N–H and O–H groups in total. The predicted octanol–water partition coefficient (Wildman–Crippen LogP) is 4.07. The summed E-state index contributed by atoms with van der Waals surface area (Å²) in [7, 11) is -3.79. The number of hydrogen-bond acceptors (Lipinski definition) is 4. The lowest BCUT2D eigenvalue weighted by Crippen LogP contribution is -2.28. The van der Waals surface area contributed by atoms with Crippen molar-refractivity contribution in [3.8, 4) is 5.75 Å². The monoisotopic (exact) mass is 458 g/mol. The molecule has 3 aromatic carbocycles. The summed E-state index contributed by atoms with van der Waals surface area (Å²) in [6.07, 6.45) is 0. The highest BCUT2D eigenvalue weighted by Crippen LogP contribution is 2.28. The van der Waals surface area contributed by atoms with Crippen LogP contribution in [0.4, 0.5) is 0 Å². The van der Waals surface area contributed by atoms with Gasteiger partial charge >= 0.3 is 0 Å². The molecule has 6 nitrogen and oxygen atoms in total. The maximum absolute atomic E-state index is 12.7. The lowest BCUT2D eigenvalue weighted by Gasteiger charge is -2.15. The molecule has 0 unspecified atom stereocenters. The Balaban J connectivity index is 1.58. The van der Waals surface area contributed by atoms with Gasteiger partial charge in [-0.3, -0.25) is 4.79 Å². The predicted molar refractivity (Wildman–Crippen MR) is 120 cm³/mol. The molecule has 0 saturated carbocycles. The second kappa shape index (κ2) is 10.4. The molecule has 1 atom stereocenters. The summed E-state index contributed by atoms with van der Waals surface area (Å²) in [5, 5.41) is 2.85. The Kier molecular flexibility index (Phi) is 7.68. The zero-order valence-electron chi connectivity index (χ0n) is 16.9. The van der Waals surface area contributed by atoms with Gasteiger partial charge in [0.2, 0.25) is 10.0 Å². The van der Waals surface area contributed by atoms with Crippen LogP contribution in [0, 0.1) is 0 Å². The van der Waals surface area contributed by atoms with E-state index in [0.29, 0.717) is 6.54 Å². The van der Waals surface area contributed by atoms with Gasteiger partial charge < -0.3 is 10.1 Å². The van der Waals surface area contributed by atoms with Gasteiger partial charge in [-0.1, -0.05) is 72.3 Å². The fraction of sp³-hybridized carbons (Fsp3) is 0.174. The number of carbonyl (C=O) groups is 1. The molecule has 3 aromatic rings. The van der Waals surface area contributed by atoms with Crippen LogP contribution >= 0.6 is 11.6 Å². The van der Waals surface area contributed by atoms with Crippen LogP contribution in [0.5, 0.6) is 5.75 Å². The lowest BCUT2D eigenvalue weighted by atomic mass is 10.1. The zero-order chi connectivity index (χ0) is 22.3. The summed E-state index contributed by atoms with van der Waals surface area (Å²) in [6, 6.07) is 22.5. The Morgan fingerprint density at radius 2 is 1.65 bits per heavy atom. The van der Waals surface area contributed by atoms with Crippen molar-refractivity contribution in [2.45, 2.75) is 24.4 Å². The molecule has 0 fully saturated rings. The van der Waals surface area contributed by atoms with E-state index in [0.717, 1.165) is 11.1 Å². The van der Waals surface area contributed by atoms with Gasteiger partial charge in [-0.05, 0) is 36.2 Å². The number of sulfonamides is 1. The molecule has 31 heavy (non-hydrogen) atoms. The molecule has 3 rings (SSSR count). The minimum atomic E-state index is -3.79. The minimum absolute atomic E-state index is 0.0150. The number of carbonyl (C=O) groups excluding carboxylic acids is 1. The van der Waals surface area contributed by atoms with Crippen LogP contribution in [0.3, 0.4) is 0 Å². The number of ether oxygens (including phenoxy) is 1. The third kappa shape index (κ3) is 6.55. The largest absolute Gasteiger partial charge is 0.482 e. The normalized spacial score (nSPS) is 12.2. The molecular weight excluding hydrogens is 436 g/mol. The molecule has 0 aromatic heterocycles. The molecule has 0 aliphatic carbocycles. The Morgan fingerprint density at radius 1 is 1.00 bits per heavy atom. The molecule has 0 bridgehead atoms. The van der Waals surface area contributed by atoms with Crippen molar-refractivity contribution in [2.75, 3.05) is 6.61 Å². The quantitative estimate of drug-likeness (QED) is 0.506. The minimum Gasteiger partial charge on any atom is -0.482 e. The van der Waals surface area contributed by atoms with Gasteiger partial charge in [-0.2, -0.15) is 0 Å². The highest BCUT2D eigenvalue weighted by molar-refractivity contribution is 7.89. The molecule has 0 aliphatic heterocycles. The standard InChI is InChI=1S/C23H23ClN2O4S/c1-17(19-10-6-3-7-11-19)26-31(28,29)20-12-13-22(21(24)14-20)30-16-23(27)25-15-18-8-4-2-5-9-18/h2-14,17,26H,15-16H2,1H3,(H,25,27)/t17-/m1/s1. The van der Waals surface area contributed by atoms with Crippen LogP contribution < -0.4 is 14.8 Å². The van der Waals surface area contributed by atoms with Crippen LogP contribution in [-0.2, 0) is 21.4 Å². The van der Waals surface area contributed by atoms with Crippen LogP contribution in [0.2, 0.25) is 5.02 Å². The van der Waals surface area contributed by atoms with Crippen molar-refractivity contribution in [2.24, 2.45) is 0 Å². The van der Waals surface area contributed by atoms with E-state index in [9.17, 15) is 13.2 Å². The van der Waals surface area contributed by atoms with Crippen molar-refractivity contribution < 1.29 is 17.9 Å². The van der Waals surface area contributed by atoms with Crippen molar-refractivity contribution in [3.63, 3.8) is 0 Å². The number of hydrogen-bond donors (Lipinski definition) is 2. The van der Waals surface area contributed by atoms with E-state index in [2.05, 4.69) is 10.0 Å². The fourth-order valence-corrected chi connectivity index (χ4v) is 4.42. The summed E-state index contributed by atoms with van der Waals surface area (Å²) >= 11 is 6.20. The second-order valence-corrected chi connectivity index (χ2v) is 9.02. The summed E-state index contributed by atoms with van der Waals surface area (Å²) < 4.78 is 33.5. The molecule has 0 spiro atoms. The second-order valence-electron chi connectivity index (χ2n) is 6.90. The van der Waals surface area contributed by atoms with Gasteiger partial charge in [0.15, 0.2) is 6.61 Å². The fourth-order valence-electron chi connectivity index (χ4n) is 2.87. The number of nitrogens with one attached hydrogen (secondary N) is 2. The van der Waals surface area contributed by atoms with E-state index in [4.69, 9.17) is 16.3 Å². The third-order valence-electron chi connectivity index (χ3n) is 4.54. The lowest BCUT2D eigenvalue weighted by molar-refractivity contribution is -0.123. The molecule has 0 heterocycles. The molecule has 8 heteroatoms. The van der Waals surface area contributed by atoms with Crippen LogP contribution in [-0.4, -0.2) is 20.9 Å². The SMILES string of the molecule is C[C@@H](NS(=O)(=O)c1ccc(OCC(=O)NCc2ccccc2)c(Cl)c1)c1ccccc1. The first-order valence-electron chi connectivity index (χ1n) is 9.65. The summed E-state index contributed by atoms with van der Waals surface area (Å²) in [5.41, 5.74) is 1.82. The molecule has 162 valence electrons. The average molecular weight is 459 g/mol. The first-order chi connectivity index (χ1) is 14.8. The van der Waals surface area contributed by atoms with E-state index >= 15 is 0 Å². The van der Waals surface area contributed by atoms with Crippen LogP contribution in [0.15, 0.2) is 83.8 Å². The van der Waals surface area contributed by atoms with Gasteiger partial charge in [0.25, 0.3) is 5.91 Å². The van der Waals surface area contributed by atoms with E-state index in [1.165, 1.54) is 18.2 Å².